The first-order valence-corrected chi connectivity index (χ1v) is 6.39. The predicted octanol–water partition coefficient (Wildman–Crippen LogP) is 2.34. The second kappa shape index (κ2) is 5.07. The van der Waals surface area contributed by atoms with Gasteiger partial charge in [-0.05, 0) is 30.7 Å². The van der Waals surface area contributed by atoms with Gasteiger partial charge in [-0.25, -0.2) is 4.98 Å². The molecule has 19 heavy (non-hydrogen) atoms. The Hall–Kier alpha value is -2.41. The lowest BCUT2D eigenvalue weighted by Gasteiger charge is -2.17. The topological polar surface area (TPSA) is 52.8 Å². The molecule has 0 bridgehead atoms. The van der Waals surface area contributed by atoms with Crippen LogP contribution in [0.4, 0.5) is 5.82 Å². The molecule has 0 aliphatic carbocycles. The maximum atomic E-state index is 8.93. The Balaban J connectivity index is 1.77. The summed E-state index contributed by atoms with van der Waals surface area (Å²) >= 11 is 0. The molecular weight excluding hydrogens is 236 g/mol. The molecule has 2 aromatic heterocycles. The molecule has 94 valence electrons. The van der Waals surface area contributed by atoms with Crippen molar-refractivity contribution >= 4 is 5.82 Å². The highest BCUT2D eigenvalue weighted by Crippen LogP contribution is 2.28. The van der Waals surface area contributed by atoms with Crippen molar-refractivity contribution in [2.75, 3.05) is 18.0 Å². The normalized spacial score (nSPS) is 18.3. The number of nitrogens with zero attached hydrogens (tertiary/aromatic N) is 4. The van der Waals surface area contributed by atoms with E-state index in [1.807, 2.05) is 24.4 Å². The fraction of sp³-hybridized carbons (Fsp3) is 0.267. The monoisotopic (exact) mass is 250 g/mol. The van der Waals surface area contributed by atoms with Gasteiger partial charge in [0, 0.05) is 37.1 Å². The van der Waals surface area contributed by atoms with Crippen LogP contribution in [0.5, 0.6) is 0 Å². The smallest absolute Gasteiger partial charge is 0.129 e. The van der Waals surface area contributed by atoms with Gasteiger partial charge < -0.3 is 4.90 Å². The number of anilines is 1. The molecule has 1 atom stereocenters. The third-order valence-corrected chi connectivity index (χ3v) is 3.49. The highest BCUT2D eigenvalue weighted by molar-refractivity contribution is 5.46. The first-order chi connectivity index (χ1) is 9.36. The summed E-state index contributed by atoms with van der Waals surface area (Å²) in [6.45, 7) is 1.88. The molecule has 1 aliphatic heterocycles. The van der Waals surface area contributed by atoms with Crippen molar-refractivity contribution in [2.45, 2.75) is 12.3 Å². The number of hydrogen-bond acceptors (Lipinski definition) is 4. The van der Waals surface area contributed by atoms with Gasteiger partial charge in [0.1, 0.15) is 5.82 Å². The number of nitriles is 1. The van der Waals surface area contributed by atoms with Gasteiger partial charge in [0.25, 0.3) is 0 Å². The van der Waals surface area contributed by atoms with E-state index in [-0.39, 0.29) is 0 Å². The number of aromatic nitrogens is 2. The largest absolute Gasteiger partial charge is 0.356 e. The second-order valence-corrected chi connectivity index (χ2v) is 4.70. The zero-order valence-electron chi connectivity index (χ0n) is 10.5. The van der Waals surface area contributed by atoms with E-state index < -0.39 is 0 Å². The maximum Gasteiger partial charge on any atom is 0.129 e. The number of pyridine rings is 2. The summed E-state index contributed by atoms with van der Waals surface area (Å²) < 4.78 is 0. The van der Waals surface area contributed by atoms with Crippen LogP contribution in [0.2, 0.25) is 0 Å². The molecule has 1 saturated heterocycles. The summed E-state index contributed by atoms with van der Waals surface area (Å²) in [7, 11) is 0. The van der Waals surface area contributed by atoms with E-state index >= 15 is 0 Å². The third-order valence-electron chi connectivity index (χ3n) is 3.49. The average Bonchev–Trinajstić information content (AvgIpc) is 2.98. The van der Waals surface area contributed by atoms with E-state index in [0.29, 0.717) is 11.5 Å². The molecule has 4 nitrogen and oxygen atoms in total. The Labute approximate surface area is 112 Å². The summed E-state index contributed by atoms with van der Waals surface area (Å²) in [4.78, 5) is 11.0. The Morgan fingerprint density at radius 2 is 2.16 bits per heavy atom. The van der Waals surface area contributed by atoms with Gasteiger partial charge in [-0.1, -0.05) is 6.07 Å². The standard InChI is InChI=1S/C15H14N4/c16-10-12-4-7-18-15(9-12)19-8-5-13(11-19)14-3-1-2-6-17-14/h1-4,6-7,9,13H,5,8,11H2. The van der Waals surface area contributed by atoms with Crippen molar-refractivity contribution in [1.82, 2.24) is 9.97 Å². The fourth-order valence-electron chi connectivity index (χ4n) is 2.49. The third kappa shape index (κ3) is 2.41. The van der Waals surface area contributed by atoms with Crippen molar-refractivity contribution in [3.8, 4) is 6.07 Å². The molecule has 0 amide bonds. The molecule has 0 aromatic carbocycles. The van der Waals surface area contributed by atoms with Crippen LogP contribution >= 0.6 is 0 Å². The van der Waals surface area contributed by atoms with E-state index in [1.165, 1.54) is 0 Å². The summed E-state index contributed by atoms with van der Waals surface area (Å²) in [5.41, 5.74) is 1.80. The van der Waals surface area contributed by atoms with Crippen LogP contribution in [-0.4, -0.2) is 23.1 Å². The van der Waals surface area contributed by atoms with Gasteiger partial charge in [0.2, 0.25) is 0 Å². The molecule has 1 fully saturated rings. The zero-order valence-corrected chi connectivity index (χ0v) is 10.5. The van der Waals surface area contributed by atoms with Gasteiger partial charge in [0.15, 0.2) is 0 Å². The lowest BCUT2D eigenvalue weighted by atomic mass is 10.0. The molecule has 0 radical (unpaired) electrons. The first kappa shape index (κ1) is 11.7. The van der Waals surface area contributed by atoms with E-state index in [4.69, 9.17) is 5.26 Å². The van der Waals surface area contributed by atoms with Crippen molar-refractivity contribution < 1.29 is 0 Å². The van der Waals surface area contributed by atoms with E-state index in [9.17, 15) is 0 Å². The fourth-order valence-corrected chi connectivity index (χ4v) is 2.49. The Morgan fingerprint density at radius 1 is 1.21 bits per heavy atom. The van der Waals surface area contributed by atoms with Crippen LogP contribution in [0.15, 0.2) is 42.7 Å². The molecule has 3 heterocycles. The van der Waals surface area contributed by atoms with E-state index in [1.54, 1.807) is 12.3 Å². The lowest BCUT2D eigenvalue weighted by molar-refractivity contribution is 0.744. The minimum absolute atomic E-state index is 0.453. The SMILES string of the molecule is N#Cc1ccnc(N2CCC(c3ccccn3)C2)c1. The Bertz CT molecular complexity index is 603. The van der Waals surface area contributed by atoms with Gasteiger partial charge in [-0.2, -0.15) is 5.26 Å². The van der Waals surface area contributed by atoms with Crippen LogP contribution in [0.1, 0.15) is 23.6 Å². The van der Waals surface area contributed by atoms with E-state index in [2.05, 4.69) is 27.0 Å². The molecule has 0 N–H and O–H groups in total. The first-order valence-electron chi connectivity index (χ1n) is 6.39. The van der Waals surface area contributed by atoms with Gasteiger partial charge in [-0.3, -0.25) is 4.98 Å². The Kier molecular flexibility index (Phi) is 3.11. The quantitative estimate of drug-likeness (QED) is 0.821. The minimum atomic E-state index is 0.453. The molecule has 4 heteroatoms. The van der Waals surface area contributed by atoms with Crippen LogP contribution < -0.4 is 4.90 Å². The predicted molar refractivity (Wildman–Crippen MR) is 72.8 cm³/mol. The minimum Gasteiger partial charge on any atom is -0.356 e. The molecular formula is C15H14N4. The van der Waals surface area contributed by atoms with E-state index in [0.717, 1.165) is 31.0 Å². The average molecular weight is 250 g/mol. The Morgan fingerprint density at radius 3 is 2.95 bits per heavy atom. The highest BCUT2D eigenvalue weighted by Gasteiger charge is 2.25. The summed E-state index contributed by atoms with van der Waals surface area (Å²) in [5.74, 6) is 1.34. The molecule has 3 rings (SSSR count). The maximum absolute atomic E-state index is 8.93. The van der Waals surface area contributed by atoms with Crippen LogP contribution in [0, 0.1) is 11.3 Å². The summed E-state index contributed by atoms with van der Waals surface area (Å²) in [5, 5.41) is 8.93. The number of rotatable bonds is 2. The van der Waals surface area contributed by atoms with Crippen LogP contribution in [0.25, 0.3) is 0 Å². The highest BCUT2D eigenvalue weighted by atomic mass is 15.2. The molecule has 0 saturated carbocycles. The van der Waals surface area contributed by atoms with Crippen LogP contribution in [0.3, 0.4) is 0 Å². The van der Waals surface area contributed by atoms with Crippen molar-refractivity contribution in [2.24, 2.45) is 0 Å². The van der Waals surface area contributed by atoms with Gasteiger partial charge in [-0.15, -0.1) is 0 Å². The zero-order chi connectivity index (χ0) is 13.1. The lowest BCUT2D eigenvalue weighted by Crippen LogP contribution is -2.20. The molecule has 2 aromatic rings. The summed E-state index contributed by atoms with van der Waals surface area (Å²) in [6.07, 6.45) is 4.62. The van der Waals surface area contributed by atoms with Crippen molar-refractivity contribution in [3.05, 3.63) is 54.0 Å². The molecule has 1 unspecified atom stereocenters. The van der Waals surface area contributed by atoms with Gasteiger partial charge >= 0.3 is 0 Å². The molecule has 0 spiro atoms. The van der Waals surface area contributed by atoms with Crippen molar-refractivity contribution in [1.29, 1.82) is 5.26 Å². The van der Waals surface area contributed by atoms with Crippen LogP contribution in [-0.2, 0) is 0 Å². The molecule has 1 aliphatic rings. The second-order valence-electron chi connectivity index (χ2n) is 4.70. The van der Waals surface area contributed by atoms with Crippen molar-refractivity contribution in [3.63, 3.8) is 0 Å². The summed E-state index contributed by atoms with van der Waals surface area (Å²) in [6, 6.07) is 11.8. The number of hydrogen-bond donors (Lipinski definition) is 0. The van der Waals surface area contributed by atoms with Gasteiger partial charge in [0.05, 0.1) is 11.6 Å².